The zero-order valence-electron chi connectivity index (χ0n) is 42.3. The second-order valence-electron chi connectivity index (χ2n) is 14.4. The summed E-state index contributed by atoms with van der Waals surface area (Å²) in [5.74, 6) is 0. The molecule has 36 heteroatoms. The van der Waals surface area contributed by atoms with Crippen LogP contribution in [0.1, 0.15) is 22.8 Å². The van der Waals surface area contributed by atoms with Gasteiger partial charge in [0.05, 0.1) is 42.4 Å². The Balaban J connectivity index is -0.000000540. The van der Waals surface area contributed by atoms with Crippen LogP contribution in [-0.2, 0) is 40.5 Å². The van der Waals surface area contributed by atoms with E-state index >= 15 is 0 Å². The van der Waals surface area contributed by atoms with Crippen molar-refractivity contribution in [2.75, 3.05) is 0 Å². The topological polar surface area (TPSA) is 664 Å². The summed E-state index contributed by atoms with van der Waals surface area (Å²) in [4.78, 5) is 15.0. The van der Waals surface area contributed by atoms with Gasteiger partial charge in [0, 0.05) is 44.3 Å². The fraction of sp³-hybridized carbons (Fsp3) is 0. The molecule has 0 saturated heterocycles. The van der Waals surface area contributed by atoms with Crippen LogP contribution < -0.4 is 118 Å². The Kier molecular flexibility index (Phi) is 41.5. The van der Waals surface area contributed by atoms with Gasteiger partial charge in [-0.25, -0.2) is 43.6 Å². The molecule has 9 rings (SSSR count). The van der Waals surface area contributed by atoms with Crippen LogP contribution >= 0.6 is 0 Å². The molecule has 0 amide bonds. The van der Waals surface area contributed by atoms with Gasteiger partial charge in [-0.15, -0.1) is 0 Å². The van der Waals surface area contributed by atoms with Crippen LogP contribution in [0.15, 0.2) is 141 Å². The number of hydrogen-bond donors (Lipinski definition) is 2. The molecule has 0 unspecified atom stereocenters. The van der Waals surface area contributed by atoms with E-state index in [4.69, 9.17) is 9.97 Å². The maximum absolute atomic E-state index is 11.9. The molecule has 0 spiro atoms. The Morgan fingerprint density at radius 3 is 0.650 bits per heavy atom. The molecule has 0 radical (unpaired) electrons. The van der Waals surface area contributed by atoms with Gasteiger partial charge in [0.15, 0.2) is 0 Å². The molecular formula is C44H50N4Na4O24S4. The molecule has 0 saturated carbocycles. The first-order valence-corrected chi connectivity index (χ1v) is 24.3. The van der Waals surface area contributed by atoms with E-state index in [1.165, 1.54) is 84.9 Å². The quantitative estimate of drug-likeness (QED) is 0.105. The Labute approximate surface area is 544 Å². The summed E-state index contributed by atoms with van der Waals surface area (Å²) in [5.41, 5.74) is 6.76. The van der Waals surface area contributed by atoms with Gasteiger partial charge in [0.2, 0.25) is 0 Å². The van der Waals surface area contributed by atoms with Crippen molar-refractivity contribution in [3.8, 4) is 44.5 Å². The number of nitrogens with zero attached hydrogens (tertiary/aromatic N) is 2. The number of hydrogen-bond acceptors (Lipinski definition) is 14. The molecule has 7 aromatic rings. The number of fused-ring (bicyclic) bond motifs is 8. The van der Waals surface area contributed by atoms with Crippen LogP contribution in [0.5, 0.6) is 0 Å². The fourth-order valence-electron chi connectivity index (χ4n) is 7.57. The van der Waals surface area contributed by atoms with E-state index in [0.29, 0.717) is 89.4 Å². The van der Waals surface area contributed by atoms with E-state index in [9.17, 15) is 51.9 Å². The van der Waals surface area contributed by atoms with E-state index in [1.807, 2.05) is 0 Å². The third-order valence-electron chi connectivity index (χ3n) is 10.5. The van der Waals surface area contributed by atoms with Crippen LogP contribution in [0.25, 0.3) is 90.9 Å². The number of aromatic nitrogens is 4. The molecule has 0 atom stereocenters. The van der Waals surface area contributed by atoms with Crippen molar-refractivity contribution in [1.82, 2.24) is 19.9 Å². The predicted molar refractivity (Wildman–Crippen MR) is 276 cm³/mol. The molecule has 0 fully saturated rings. The summed E-state index contributed by atoms with van der Waals surface area (Å²) in [6.45, 7) is 0. The average molecular weight is 1240 g/mol. The Bertz CT molecular complexity index is 3660. The second kappa shape index (κ2) is 35.7. The second-order valence-corrected chi connectivity index (χ2v) is 19.9. The number of benzene rings is 4. The molecule has 2 aliphatic heterocycles. The molecule has 418 valence electrons. The Morgan fingerprint density at radius 2 is 0.438 bits per heavy atom. The van der Waals surface area contributed by atoms with Gasteiger partial charge in [-0.2, -0.15) is 0 Å². The summed E-state index contributed by atoms with van der Waals surface area (Å²) in [6.07, 6.45) is 6.74. The van der Waals surface area contributed by atoms with E-state index in [1.54, 1.807) is 48.6 Å². The van der Waals surface area contributed by atoms with Gasteiger partial charge in [-0.05, 0) is 119 Å². The Hall–Kier alpha value is -3.36. The van der Waals surface area contributed by atoms with E-state index in [2.05, 4.69) is 9.97 Å². The van der Waals surface area contributed by atoms with Crippen molar-refractivity contribution >= 4 is 86.8 Å². The third kappa shape index (κ3) is 19.3. The minimum atomic E-state index is -4.81. The summed E-state index contributed by atoms with van der Waals surface area (Å²) in [6, 6.07) is 27.9. The molecule has 0 aliphatic carbocycles. The van der Waals surface area contributed by atoms with Crippen molar-refractivity contribution in [3.05, 3.63) is 144 Å². The first-order valence-electron chi connectivity index (χ1n) is 18.6. The van der Waals surface area contributed by atoms with Crippen LogP contribution in [0.2, 0.25) is 0 Å². The summed E-state index contributed by atoms with van der Waals surface area (Å²) in [5, 5.41) is 0. The van der Waals surface area contributed by atoms with Crippen molar-refractivity contribution in [3.63, 3.8) is 0 Å². The molecular weight excluding hydrogens is 1190 g/mol. The van der Waals surface area contributed by atoms with Crippen LogP contribution in [0, 0.1) is 0 Å². The maximum Gasteiger partial charge on any atom is 1.00 e. The van der Waals surface area contributed by atoms with Crippen molar-refractivity contribution in [2.24, 2.45) is 0 Å². The fourth-order valence-corrected chi connectivity index (χ4v) is 9.45. The van der Waals surface area contributed by atoms with Gasteiger partial charge in [0.25, 0.3) is 0 Å². The number of nitrogens with one attached hydrogen (secondary N) is 2. The zero-order valence-corrected chi connectivity index (χ0v) is 53.5. The standard InChI is InChI=1S/C44H30N4O12S4.4Na.12H2O/c49-61(50,51)29-9-1-25(2-10-29)41-33-17-19-35(45-33)42(26-3-11-30(12-4-26)62(52,53)54)37-21-23-39(47-37)44(28-7-15-32(16-8-28)64(58,59)60)40-24-22-38(48-40)43(36-20-18-34(41)46-36)27-5-13-31(14-6-27)63(55,56)57;;;;;;;;;;;;;;;;/h1-24,45-46H,(H,49,50,51)(H,52,53,54)(H,55,56,57)(H,58,59,60);;;;;12*1H2/q;4*+1;;;;;;;;;;;;/p-4. The van der Waals surface area contributed by atoms with Crippen LogP contribution in [-0.4, -0.2) is 138 Å². The zero-order chi connectivity index (χ0) is 45.3. The minimum absolute atomic E-state index is 0. The maximum atomic E-state index is 11.9. The van der Waals surface area contributed by atoms with Crippen molar-refractivity contribution in [1.29, 1.82) is 0 Å². The summed E-state index contributed by atoms with van der Waals surface area (Å²) < 4.78 is 143. The summed E-state index contributed by atoms with van der Waals surface area (Å²) in [7, 11) is -19.2. The largest absolute Gasteiger partial charge is 1.00 e. The minimum Gasteiger partial charge on any atom is -0.744 e. The van der Waals surface area contributed by atoms with E-state index in [-0.39, 0.29) is 184 Å². The number of H-pyrrole nitrogens is 2. The Morgan fingerprint density at radius 1 is 0.263 bits per heavy atom. The molecule has 80 heavy (non-hydrogen) atoms. The van der Waals surface area contributed by atoms with Gasteiger partial charge >= 0.3 is 118 Å². The normalized spacial score (nSPS) is 10.4. The molecule has 26 N–H and O–H groups in total. The monoisotopic (exact) mass is 1240 g/mol. The predicted octanol–water partition coefficient (Wildman–Crippen LogP) is -14.9. The molecule has 4 aromatic carbocycles. The first-order chi connectivity index (χ1) is 30.2. The molecule has 28 nitrogen and oxygen atoms in total. The smallest absolute Gasteiger partial charge is 0.744 e. The van der Waals surface area contributed by atoms with Gasteiger partial charge in [-0.3, -0.25) is 0 Å². The van der Waals surface area contributed by atoms with Crippen LogP contribution in [0.4, 0.5) is 0 Å². The molecule has 3 aromatic heterocycles. The molecule has 5 heterocycles. The number of rotatable bonds is 8. The summed E-state index contributed by atoms with van der Waals surface area (Å²) >= 11 is 0. The van der Waals surface area contributed by atoms with Gasteiger partial charge in [-0.1, -0.05) is 48.5 Å². The SMILES string of the molecule is O.O.O.O.O.O.O.O.O.O.O.O.O=S(=O)([O-])c1ccc(-c2c3nc(c(-c4ccc(S(=O)(=O)[O-])cc4)c4ccc([nH]4)c(-c4ccc(S(=O)(=O)[O-])cc4)c4ccc([nH]4)c(-c4ccc(S(=O)(=O)[O-])cc4)c4nc2C=C4)C=C3)cc1.[Na+].[Na+].[Na+].[Na+]. The molecule has 2 aliphatic rings. The van der Waals surface area contributed by atoms with Gasteiger partial charge < -0.3 is 93.9 Å². The van der Waals surface area contributed by atoms with Gasteiger partial charge in [0.1, 0.15) is 40.5 Å². The third-order valence-corrected chi connectivity index (χ3v) is 13.9. The van der Waals surface area contributed by atoms with E-state index in [0.717, 1.165) is 12.1 Å². The first kappa shape index (κ1) is 93.1. The number of aromatic amines is 2. The van der Waals surface area contributed by atoms with Crippen LogP contribution in [0.3, 0.4) is 0 Å². The van der Waals surface area contributed by atoms with Crippen molar-refractivity contribution in [2.45, 2.75) is 19.6 Å². The van der Waals surface area contributed by atoms with E-state index < -0.39 is 60.1 Å². The molecule has 8 bridgehead atoms. The average Bonchev–Trinajstić information content (AvgIpc) is 4.08. The van der Waals surface area contributed by atoms with Crippen molar-refractivity contribution < 1.29 is 236 Å².